The first-order chi connectivity index (χ1) is 7.58. The molecule has 2 N–H and O–H groups in total. The van der Waals surface area contributed by atoms with Crippen LogP contribution in [0.25, 0.3) is 0 Å². The third-order valence-corrected chi connectivity index (χ3v) is 2.75. The molecule has 5 nitrogen and oxygen atoms in total. The van der Waals surface area contributed by atoms with Crippen molar-refractivity contribution in [3.63, 3.8) is 0 Å². The zero-order chi connectivity index (χ0) is 11.7. The predicted molar refractivity (Wildman–Crippen MR) is 58.5 cm³/mol. The molecule has 1 aromatic rings. The highest BCUT2D eigenvalue weighted by Gasteiger charge is 2.29. The van der Waals surface area contributed by atoms with Crippen molar-refractivity contribution in [1.82, 2.24) is 9.88 Å². The van der Waals surface area contributed by atoms with Gasteiger partial charge in [-0.3, -0.25) is 14.5 Å². The summed E-state index contributed by atoms with van der Waals surface area (Å²) < 4.78 is 0. The van der Waals surface area contributed by atoms with Crippen LogP contribution in [0.2, 0.25) is 5.02 Å². The summed E-state index contributed by atoms with van der Waals surface area (Å²) in [4.78, 5) is 27.9. The van der Waals surface area contributed by atoms with Gasteiger partial charge in [-0.1, -0.05) is 11.6 Å². The van der Waals surface area contributed by atoms with Crippen molar-refractivity contribution in [3.05, 3.63) is 22.8 Å². The number of nitrogens with two attached hydrogens (primary N) is 1. The summed E-state index contributed by atoms with van der Waals surface area (Å²) >= 11 is 5.90. The number of hydrogen-bond donors (Lipinski definition) is 1. The Morgan fingerprint density at radius 3 is 2.56 bits per heavy atom. The second-order valence-electron chi connectivity index (χ2n) is 3.54. The Labute approximate surface area is 97.2 Å². The van der Waals surface area contributed by atoms with Gasteiger partial charge in [0.15, 0.2) is 0 Å². The minimum atomic E-state index is -0.190. The number of halogens is 1. The van der Waals surface area contributed by atoms with Crippen LogP contribution in [0.4, 0.5) is 5.82 Å². The van der Waals surface area contributed by atoms with E-state index in [1.54, 1.807) is 12.1 Å². The quantitative estimate of drug-likeness (QED) is 0.780. The van der Waals surface area contributed by atoms with Gasteiger partial charge in [-0.15, -0.1) is 0 Å². The molecule has 0 saturated carbocycles. The summed E-state index contributed by atoms with van der Waals surface area (Å²) in [6.07, 6.45) is 0.525. The summed E-state index contributed by atoms with van der Waals surface area (Å²) in [5.41, 5.74) is 5.96. The van der Waals surface area contributed by atoms with E-state index in [9.17, 15) is 9.59 Å². The Bertz CT molecular complexity index is 445. The fraction of sp³-hybridized carbons (Fsp3) is 0.300. The Hall–Kier alpha value is -1.62. The van der Waals surface area contributed by atoms with E-state index in [2.05, 4.69) is 4.98 Å². The minimum Gasteiger partial charge on any atom is -0.384 e. The van der Waals surface area contributed by atoms with Crippen LogP contribution in [0.3, 0.4) is 0 Å². The number of amides is 2. The standard InChI is InChI=1S/C10H10ClN3O2/c11-6-1-2-8(12)13-7(6)5-14-9(15)3-4-10(14)16/h1-2H,3-5H2,(H2,12,13). The first-order valence-corrected chi connectivity index (χ1v) is 5.20. The first-order valence-electron chi connectivity index (χ1n) is 4.82. The zero-order valence-corrected chi connectivity index (χ0v) is 9.20. The Balaban J connectivity index is 2.23. The van der Waals surface area contributed by atoms with Gasteiger partial charge in [-0.2, -0.15) is 0 Å². The van der Waals surface area contributed by atoms with E-state index in [4.69, 9.17) is 17.3 Å². The van der Waals surface area contributed by atoms with Crippen LogP contribution in [-0.2, 0) is 16.1 Å². The lowest BCUT2D eigenvalue weighted by atomic mass is 10.3. The summed E-state index contributed by atoms with van der Waals surface area (Å²) in [5.74, 6) is -0.0610. The van der Waals surface area contributed by atoms with Gasteiger partial charge in [0, 0.05) is 12.8 Å². The maximum atomic E-state index is 11.4. The number of carbonyl (C=O) groups excluding carboxylic acids is 2. The van der Waals surface area contributed by atoms with Crippen LogP contribution in [0, 0.1) is 0 Å². The maximum absolute atomic E-state index is 11.4. The minimum absolute atomic E-state index is 0.0987. The average Bonchev–Trinajstić information content (AvgIpc) is 2.55. The van der Waals surface area contributed by atoms with Crippen LogP contribution >= 0.6 is 11.6 Å². The van der Waals surface area contributed by atoms with Crippen molar-refractivity contribution in [2.24, 2.45) is 0 Å². The van der Waals surface area contributed by atoms with Crippen molar-refractivity contribution in [1.29, 1.82) is 0 Å². The largest absolute Gasteiger partial charge is 0.384 e. The molecule has 2 amide bonds. The topological polar surface area (TPSA) is 76.3 Å². The number of nitrogen functional groups attached to an aromatic ring is 1. The van der Waals surface area contributed by atoms with Gasteiger partial charge < -0.3 is 5.73 Å². The molecule has 0 aliphatic carbocycles. The van der Waals surface area contributed by atoms with Crippen LogP contribution in [0.1, 0.15) is 18.5 Å². The molecule has 1 saturated heterocycles. The summed E-state index contributed by atoms with van der Waals surface area (Å²) in [7, 11) is 0. The van der Waals surface area contributed by atoms with Gasteiger partial charge in [0.25, 0.3) is 0 Å². The molecule has 2 rings (SSSR count). The van der Waals surface area contributed by atoms with E-state index in [0.29, 0.717) is 16.5 Å². The molecule has 1 fully saturated rings. The Morgan fingerprint density at radius 2 is 1.94 bits per heavy atom. The molecule has 0 unspecified atom stereocenters. The number of carbonyl (C=O) groups is 2. The highest BCUT2D eigenvalue weighted by Crippen LogP contribution is 2.20. The molecule has 84 valence electrons. The molecule has 1 aromatic heterocycles. The van der Waals surface area contributed by atoms with E-state index in [0.717, 1.165) is 4.90 Å². The van der Waals surface area contributed by atoms with Gasteiger partial charge in [0.2, 0.25) is 11.8 Å². The zero-order valence-electron chi connectivity index (χ0n) is 8.44. The number of anilines is 1. The van der Waals surface area contributed by atoms with Crippen LogP contribution in [0.15, 0.2) is 12.1 Å². The van der Waals surface area contributed by atoms with Crippen molar-refractivity contribution in [3.8, 4) is 0 Å². The molecular weight excluding hydrogens is 230 g/mol. The second kappa shape index (κ2) is 4.09. The predicted octanol–water partition coefficient (Wildman–Crippen LogP) is 0.966. The molecule has 0 spiro atoms. The van der Waals surface area contributed by atoms with E-state index < -0.39 is 0 Å². The molecule has 2 heterocycles. The van der Waals surface area contributed by atoms with Crippen molar-refractivity contribution in [2.75, 3.05) is 5.73 Å². The molecular formula is C10H10ClN3O2. The third-order valence-electron chi connectivity index (χ3n) is 2.40. The first kappa shape index (κ1) is 10.9. The summed E-state index contributed by atoms with van der Waals surface area (Å²) in [6, 6.07) is 3.17. The van der Waals surface area contributed by atoms with E-state index in [1.807, 2.05) is 0 Å². The van der Waals surface area contributed by atoms with E-state index in [1.165, 1.54) is 0 Å². The fourth-order valence-corrected chi connectivity index (χ4v) is 1.73. The number of likely N-dealkylation sites (tertiary alicyclic amines) is 1. The SMILES string of the molecule is Nc1ccc(Cl)c(CN2C(=O)CCC2=O)n1. The normalized spacial score (nSPS) is 15.9. The number of hydrogen-bond acceptors (Lipinski definition) is 4. The molecule has 1 aliphatic rings. The number of imide groups is 1. The second-order valence-corrected chi connectivity index (χ2v) is 3.95. The Morgan fingerprint density at radius 1 is 1.31 bits per heavy atom. The third kappa shape index (κ3) is 1.99. The van der Waals surface area contributed by atoms with E-state index >= 15 is 0 Å². The van der Waals surface area contributed by atoms with Gasteiger partial charge in [0.05, 0.1) is 17.3 Å². The lowest BCUT2D eigenvalue weighted by Crippen LogP contribution is -2.29. The molecule has 1 aliphatic heterocycles. The Kier molecular flexibility index (Phi) is 2.78. The number of nitrogens with zero attached hydrogens (tertiary/aromatic N) is 2. The molecule has 0 aromatic carbocycles. The maximum Gasteiger partial charge on any atom is 0.230 e. The van der Waals surface area contributed by atoms with Crippen LogP contribution in [0.5, 0.6) is 0 Å². The smallest absolute Gasteiger partial charge is 0.230 e. The summed E-state index contributed by atoms with van der Waals surface area (Å²) in [5, 5.41) is 0.404. The van der Waals surface area contributed by atoms with Gasteiger partial charge in [-0.05, 0) is 12.1 Å². The van der Waals surface area contributed by atoms with Gasteiger partial charge >= 0.3 is 0 Å². The van der Waals surface area contributed by atoms with Crippen molar-refractivity contribution >= 4 is 29.2 Å². The number of pyridine rings is 1. The monoisotopic (exact) mass is 239 g/mol. The van der Waals surface area contributed by atoms with Crippen molar-refractivity contribution in [2.45, 2.75) is 19.4 Å². The molecule has 0 atom stereocenters. The number of rotatable bonds is 2. The average molecular weight is 240 g/mol. The van der Waals surface area contributed by atoms with E-state index in [-0.39, 0.29) is 31.2 Å². The van der Waals surface area contributed by atoms with Crippen molar-refractivity contribution < 1.29 is 9.59 Å². The summed E-state index contributed by atoms with van der Waals surface area (Å²) in [6.45, 7) is 0.0987. The highest BCUT2D eigenvalue weighted by molar-refractivity contribution is 6.31. The van der Waals surface area contributed by atoms with Crippen LogP contribution < -0.4 is 5.73 Å². The lowest BCUT2D eigenvalue weighted by Gasteiger charge is -2.14. The molecule has 0 bridgehead atoms. The molecule has 0 radical (unpaired) electrons. The van der Waals surface area contributed by atoms with Gasteiger partial charge in [-0.25, -0.2) is 4.98 Å². The highest BCUT2D eigenvalue weighted by atomic mass is 35.5. The fourth-order valence-electron chi connectivity index (χ4n) is 1.56. The van der Waals surface area contributed by atoms with Gasteiger partial charge in [0.1, 0.15) is 5.82 Å². The van der Waals surface area contributed by atoms with Crippen LogP contribution in [-0.4, -0.2) is 21.7 Å². The molecule has 6 heteroatoms. The molecule has 16 heavy (non-hydrogen) atoms. The lowest BCUT2D eigenvalue weighted by molar-refractivity contribution is -0.139. The number of aromatic nitrogens is 1.